The Labute approximate surface area is 189 Å². The molecule has 11 atom stereocenters. The molecule has 0 heterocycles. The largest absolute Gasteiger partial charge is 0.456 e. The fourth-order valence-corrected chi connectivity index (χ4v) is 10.1. The van der Waals surface area contributed by atoms with E-state index in [-0.39, 0.29) is 46.9 Å². The summed E-state index contributed by atoms with van der Waals surface area (Å²) < 4.78 is 5.02. The SMILES string of the molecule is CCOC(=O)C#C[C@]1(O)C2[C@@H]3CC23C2C3C(CC[C@@]21C)[C@@]1(C)CCC(=O)C[C@@]1(O)C1=C[C@@H]13. The van der Waals surface area contributed by atoms with Crippen molar-refractivity contribution in [3.05, 3.63) is 11.6 Å². The Hall–Kier alpha value is -1.64. The van der Waals surface area contributed by atoms with Crippen LogP contribution >= 0.6 is 0 Å². The summed E-state index contributed by atoms with van der Waals surface area (Å²) in [5, 5.41) is 23.9. The van der Waals surface area contributed by atoms with Crippen molar-refractivity contribution in [1.82, 2.24) is 0 Å². The first-order valence-corrected chi connectivity index (χ1v) is 12.5. The second-order valence-corrected chi connectivity index (χ2v) is 12.4. The monoisotopic (exact) mass is 436 g/mol. The van der Waals surface area contributed by atoms with Gasteiger partial charge in [0.25, 0.3) is 0 Å². The first-order chi connectivity index (χ1) is 15.1. The summed E-state index contributed by atoms with van der Waals surface area (Å²) in [6.07, 6.45) is 6.75. The van der Waals surface area contributed by atoms with Gasteiger partial charge in [0.15, 0.2) is 0 Å². The first-order valence-electron chi connectivity index (χ1n) is 12.5. The number of esters is 1. The van der Waals surface area contributed by atoms with E-state index in [1.807, 2.05) is 0 Å². The molecule has 0 amide bonds. The lowest BCUT2D eigenvalue weighted by atomic mass is 9.42. The van der Waals surface area contributed by atoms with Gasteiger partial charge in [0.1, 0.15) is 11.4 Å². The molecule has 5 unspecified atom stereocenters. The highest BCUT2D eigenvalue weighted by Gasteiger charge is 2.96. The molecule has 5 heteroatoms. The number of ether oxygens (including phenoxy) is 1. The Balaban J connectivity index is 1.30. The summed E-state index contributed by atoms with van der Waals surface area (Å²) >= 11 is 0. The van der Waals surface area contributed by atoms with Crippen molar-refractivity contribution in [2.75, 3.05) is 6.61 Å². The molecule has 7 rings (SSSR count). The number of Topliss-reactive ketones (excluding diaryl/α,β-unsaturated/α-hetero) is 1. The van der Waals surface area contributed by atoms with E-state index in [1.54, 1.807) is 6.92 Å². The van der Waals surface area contributed by atoms with Crippen LogP contribution in [-0.4, -0.2) is 39.8 Å². The number of fused-ring (bicyclic) bond motifs is 9. The van der Waals surface area contributed by atoms with Crippen molar-refractivity contribution in [2.24, 2.45) is 51.8 Å². The van der Waals surface area contributed by atoms with Gasteiger partial charge in [-0.15, -0.1) is 0 Å². The molecule has 170 valence electrons. The van der Waals surface area contributed by atoms with E-state index in [2.05, 4.69) is 31.8 Å². The predicted molar refractivity (Wildman–Crippen MR) is 115 cm³/mol. The topological polar surface area (TPSA) is 83.8 Å². The molecule has 6 saturated carbocycles. The van der Waals surface area contributed by atoms with Crippen molar-refractivity contribution in [3.63, 3.8) is 0 Å². The van der Waals surface area contributed by atoms with E-state index in [1.165, 1.54) is 0 Å². The van der Waals surface area contributed by atoms with Crippen LogP contribution in [0.3, 0.4) is 0 Å². The Morgan fingerprint density at radius 3 is 2.69 bits per heavy atom. The van der Waals surface area contributed by atoms with Gasteiger partial charge in [-0.1, -0.05) is 25.8 Å². The van der Waals surface area contributed by atoms with Crippen molar-refractivity contribution in [1.29, 1.82) is 0 Å². The maximum atomic E-state index is 12.3. The van der Waals surface area contributed by atoms with Crippen molar-refractivity contribution in [2.45, 2.75) is 70.5 Å². The Kier molecular flexibility index (Phi) is 3.32. The van der Waals surface area contributed by atoms with Crippen LogP contribution in [0, 0.1) is 63.6 Å². The molecule has 32 heavy (non-hydrogen) atoms. The highest BCUT2D eigenvalue weighted by molar-refractivity contribution is 5.88. The summed E-state index contributed by atoms with van der Waals surface area (Å²) in [6, 6.07) is 0. The third-order valence-electron chi connectivity index (χ3n) is 11.7. The average Bonchev–Trinajstić information content (AvgIpc) is 3.60. The number of carbonyl (C=O) groups is 2. The number of allylic oxidation sites excluding steroid dienone is 1. The van der Waals surface area contributed by atoms with Gasteiger partial charge in [-0.05, 0) is 67.3 Å². The van der Waals surface area contributed by atoms with Gasteiger partial charge in [-0.2, -0.15) is 0 Å². The van der Waals surface area contributed by atoms with Crippen molar-refractivity contribution in [3.8, 4) is 11.8 Å². The molecule has 0 aromatic carbocycles. The van der Waals surface area contributed by atoms with E-state index < -0.39 is 17.2 Å². The highest BCUT2D eigenvalue weighted by Crippen LogP contribution is 2.97. The van der Waals surface area contributed by atoms with Crippen molar-refractivity contribution >= 4 is 11.8 Å². The lowest BCUT2D eigenvalue weighted by molar-refractivity contribution is -0.190. The van der Waals surface area contributed by atoms with E-state index in [0.717, 1.165) is 31.3 Å². The van der Waals surface area contributed by atoms with Gasteiger partial charge >= 0.3 is 5.97 Å². The number of hydrogen-bond donors (Lipinski definition) is 2. The summed E-state index contributed by atoms with van der Waals surface area (Å²) in [6.45, 7) is 6.48. The van der Waals surface area contributed by atoms with Crippen LogP contribution in [0.25, 0.3) is 0 Å². The minimum absolute atomic E-state index is 0.161. The Morgan fingerprint density at radius 2 is 1.97 bits per heavy atom. The maximum absolute atomic E-state index is 12.3. The second-order valence-electron chi connectivity index (χ2n) is 12.4. The van der Waals surface area contributed by atoms with Crippen LogP contribution in [0.5, 0.6) is 0 Å². The molecule has 0 aliphatic heterocycles. The molecule has 5 nitrogen and oxygen atoms in total. The maximum Gasteiger partial charge on any atom is 0.384 e. The Bertz CT molecular complexity index is 1080. The number of aliphatic hydroxyl groups is 2. The fourth-order valence-electron chi connectivity index (χ4n) is 10.1. The van der Waals surface area contributed by atoms with Crippen LogP contribution in [0.2, 0.25) is 0 Å². The number of rotatable bonds is 1. The second kappa shape index (κ2) is 5.36. The summed E-state index contributed by atoms with van der Waals surface area (Å²) in [4.78, 5) is 24.3. The van der Waals surface area contributed by atoms with Crippen LogP contribution in [0.1, 0.15) is 59.3 Å². The highest BCUT2D eigenvalue weighted by atomic mass is 16.5. The van der Waals surface area contributed by atoms with Gasteiger partial charge in [-0.25, -0.2) is 4.79 Å². The zero-order chi connectivity index (χ0) is 22.5. The third kappa shape index (κ3) is 1.84. The first kappa shape index (κ1) is 19.8. The molecule has 0 aromatic rings. The summed E-state index contributed by atoms with van der Waals surface area (Å²) in [5.41, 5.74) is -1.52. The van der Waals surface area contributed by atoms with Crippen LogP contribution < -0.4 is 0 Å². The summed E-state index contributed by atoms with van der Waals surface area (Å²) in [7, 11) is 0. The molecular formula is C27H32O5. The predicted octanol–water partition coefficient (Wildman–Crippen LogP) is 2.64. The zero-order valence-electron chi connectivity index (χ0n) is 19.1. The number of carbonyl (C=O) groups excluding carboxylic acids is 2. The average molecular weight is 437 g/mol. The lowest BCUT2D eigenvalue weighted by Crippen LogP contribution is -2.64. The third-order valence-corrected chi connectivity index (χ3v) is 11.7. The van der Waals surface area contributed by atoms with Crippen LogP contribution in [-0.2, 0) is 14.3 Å². The number of hydrogen-bond acceptors (Lipinski definition) is 5. The molecule has 0 aromatic heterocycles. The van der Waals surface area contributed by atoms with Crippen molar-refractivity contribution < 1.29 is 24.5 Å². The zero-order valence-corrected chi connectivity index (χ0v) is 19.1. The van der Waals surface area contributed by atoms with Gasteiger partial charge < -0.3 is 14.9 Å². The molecule has 1 spiro atoms. The van der Waals surface area contributed by atoms with Gasteiger partial charge in [0, 0.05) is 41.4 Å². The molecular weight excluding hydrogens is 404 g/mol. The molecule has 0 radical (unpaired) electrons. The van der Waals surface area contributed by atoms with E-state index >= 15 is 0 Å². The lowest BCUT2D eigenvalue weighted by Gasteiger charge is -2.63. The van der Waals surface area contributed by atoms with E-state index in [0.29, 0.717) is 30.1 Å². The summed E-state index contributed by atoms with van der Waals surface area (Å²) in [5.74, 6) is 7.34. The minimum Gasteiger partial charge on any atom is -0.456 e. The number of ketones is 1. The molecule has 0 saturated heterocycles. The fraction of sp³-hybridized carbons (Fsp3) is 0.778. The standard InChI is InChI=1S/C27H32O5/c1-4-32-19(29)7-10-26(30)21-18-13-25(18,21)22-20-15-11-17(15)27(31)12-14(28)5-8-23(27,2)16(20)6-9-24(22,26)3/h11,15-16,18,20-22,30-31H,4-6,8-9,12-13H2,1-3H3/t15-,16?,18-,20?,21?,22?,23+,24-,25?,26-,27+/m0/s1. The van der Waals surface area contributed by atoms with E-state index in [9.17, 15) is 19.8 Å². The molecule has 7 aliphatic carbocycles. The van der Waals surface area contributed by atoms with Crippen LogP contribution in [0.4, 0.5) is 0 Å². The smallest absolute Gasteiger partial charge is 0.384 e. The van der Waals surface area contributed by atoms with Crippen LogP contribution in [0.15, 0.2) is 11.6 Å². The normalized spacial score (nSPS) is 59.5. The van der Waals surface area contributed by atoms with Gasteiger partial charge in [-0.3, -0.25) is 4.79 Å². The van der Waals surface area contributed by atoms with Gasteiger partial charge in [0.05, 0.1) is 12.2 Å². The minimum atomic E-state index is -1.15. The quantitative estimate of drug-likeness (QED) is 0.286. The molecule has 7 aliphatic rings. The molecule has 0 bridgehead atoms. The van der Waals surface area contributed by atoms with Gasteiger partial charge in [0.2, 0.25) is 0 Å². The Morgan fingerprint density at radius 1 is 1.19 bits per heavy atom. The van der Waals surface area contributed by atoms with E-state index in [4.69, 9.17) is 4.74 Å². The molecule has 2 N–H and O–H groups in total. The molecule has 6 fully saturated rings.